The number of aromatic nitrogens is 2. The highest BCUT2D eigenvalue weighted by atomic mass is 79.9. The number of aliphatic carboxylic acids is 1. The summed E-state index contributed by atoms with van der Waals surface area (Å²) in [5.41, 5.74) is 2.41. The molecule has 12 heteroatoms. The van der Waals surface area contributed by atoms with Crippen molar-refractivity contribution in [2.45, 2.75) is 26.1 Å². The molecule has 2 amide bonds. The Morgan fingerprint density at radius 2 is 1.69 bits per heavy atom. The molecule has 5 rings (SSSR count). The second-order valence-electron chi connectivity index (χ2n) is 9.69. The Morgan fingerprint density at radius 1 is 1.00 bits per heavy atom. The summed E-state index contributed by atoms with van der Waals surface area (Å²) in [4.78, 5) is 53.4. The standard InChI is InChI=1S/C30H26BrClN4O6/c1-42-22-9-7-21(8-10-22)36-27(28(39)33-16-19-4-2-18(3-5-19)14-26(37)38)25-17-34(12-13-35(25)30(36)41)29(40)20-6-11-23(31)24(32)15-20/h2-11,15H,12-14,16-17H2,1H3,(H,33,39)(H,37,38). The molecule has 0 bridgehead atoms. The van der Waals surface area contributed by atoms with Gasteiger partial charge in [0, 0.05) is 29.7 Å². The number of benzene rings is 3. The number of fused-ring (bicyclic) bond motifs is 1. The maximum atomic E-state index is 13.7. The van der Waals surface area contributed by atoms with Crippen LogP contribution in [0.25, 0.3) is 5.69 Å². The average Bonchev–Trinajstić information content (AvgIpc) is 3.28. The van der Waals surface area contributed by atoms with Crippen molar-refractivity contribution in [3.63, 3.8) is 0 Å². The third-order valence-electron chi connectivity index (χ3n) is 7.01. The molecule has 0 saturated heterocycles. The predicted molar refractivity (Wildman–Crippen MR) is 159 cm³/mol. The number of carbonyl (C=O) groups excluding carboxylic acids is 2. The van der Waals surface area contributed by atoms with E-state index in [0.29, 0.717) is 37.8 Å². The van der Waals surface area contributed by atoms with Gasteiger partial charge in [0.2, 0.25) is 0 Å². The molecule has 42 heavy (non-hydrogen) atoms. The van der Waals surface area contributed by atoms with Gasteiger partial charge in [0.1, 0.15) is 11.4 Å². The summed E-state index contributed by atoms with van der Waals surface area (Å²) in [6, 6.07) is 18.6. The highest BCUT2D eigenvalue weighted by Crippen LogP contribution is 2.26. The van der Waals surface area contributed by atoms with Crippen LogP contribution in [-0.4, -0.2) is 50.6 Å². The van der Waals surface area contributed by atoms with E-state index in [2.05, 4.69) is 21.2 Å². The molecular weight excluding hydrogens is 628 g/mol. The number of imidazole rings is 1. The van der Waals surface area contributed by atoms with Crippen LogP contribution in [0, 0.1) is 0 Å². The molecule has 0 radical (unpaired) electrons. The fourth-order valence-corrected chi connectivity index (χ4v) is 5.29. The zero-order chi connectivity index (χ0) is 30.0. The second kappa shape index (κ2) is 12.3. The molecule has 0 aliphatic carbocycles. The van der Waals surface area contributed by atoms with Crippen LogP contribution in [0.3, 0.4) is 0 Å². The number of ether oxygens (including phenoxy) is 1. The Bertz CT molecular complexity index is 1730. The van der Waals surface area contributed by atoms with Crippen molar-refractivity contribution in [1.29, 1.82) is 0 Å². The number of rotatable bonds is 8. The van der Waals surface area contributed by atoms with Gasteiger partial charge in [-0.05, 0) is 69.5 Å². The fraction of sp³-hybridized carbons (Fsp3) is 0.200. The van der Waals surface area contributed by atoms with Gasteiger partial charge >= 0.3 is 11.7 Å². The minimum Gasteiger partial charge on any atom is -0.497 e. The molecule has 1 aromatic heterocycles. The first-order valence-corrected chi connectivity index (χ1v) is 14.1. The zero-order valence-corrected chi connectivity index (χ0v) is 24.8. The first-order chi connectivity index (χ1) is 20.2. The van der Waals surface area contributed by atoms with Gasteiger partial charge in [-0.15, -0.1) is 0 Å². The molecule has 0 spiro atoms. The lowest BCUT2D eigenvalue weighted by Crippen LogP contribution is -2.41. The van der Waals surface area contributed by atoms with Crippen LogP contribution in [0.2, 0.25) is 5.02 Å². The number of hydrogen-bond donors (Lipinski definition) is 2. The molecular formula is C30H26BrClN4O6. The normalized spacial score (nSPS) is 12.5. The van der Waals surface area contributed by atoms with Crippen LogP contribution in [0.4, 0.5) is 0 Å². The molecule has 0 saturated carbocycles. The number of amides is 2. The summed E-state index contributed by atoms with van der Waals surface area (Å²) in [6.07, 6.45) is -0.0979. The van der Waals surface area contributed by atoms with E-state index in [9.17, 15) is 19.2 Å². The van der Waals surface area contributed by atoms with E-state index < -0.39 is 17.6 Å². The van der Waals surface area contributed by atoms with Gasteiger partial charge in [0.15, 0.2) is 0 Å². The molecule has 0 unspecified atom stereocenters. The smallest absolute Gasteiger partial charge is 0.333 e. The SMILES string of the molecule is COc1ccc(-n2c(C(=O)NCc3ccc(CC(=O)O)cc3)c3n(c2=O)CCN(C(=O)c2ccc(Br)c(Cl)c2)C3)cc1. The maximum Gasteiger partial charge on any atom is 0.333 e. The van der Waals surface area contributed by atoms with E-state index in [1.807, 2.05) is 0 Å². The van der Waals surface area contributed by atoms with E-state index in [1.54, 1.807) is 71.6 Å². The molecule has 2 heterocycles. The molecule has 1 aliphatic rings. The summed E-state index contributed by atoms with van der Waals surface area (Å²) in [6.45, 7) is 0.666. The number of nitrogens with one attached hydrogen (secondary N) is 1. The van der Waals surface area contributed by atoms with E-state index in [4.69, 9.17) is 21.4 Å². The highest BCUT2D eigenvalue weighted by molar-refractivity contribution is 9.10. The molecule has 0 atom stereocenters. The first-order valence-electron chi connectivity index (χ1n) is 13.0. The number of methoxy groups -OCH3 is 1. The van der Waals surface area contributed by atoms with Crippen molar-refractivity contribution >= 4 is 45.3 Å². The van der Waals surface area contributed by atoms with Gasteiger partial charge in [-0.2, -0.15) is 0 Å². The molecule has 216 valence electrons. The zero-order valence-electron chi connectivity index (χ0n) is 22.5. The molecule has 4 aromatic rings. The van der Waals surface area contributed by atoms with Crippen molar-refractivity contribution in [3.8, 4) is 11.4 Å². The first kappa shape index (κ1) is 29.2. The molecule has 2 N–H and O–H groups in total. The Morgan fingerprint density at radius 3 is 2.33 bits per heavy atom. The van der Waals surface area contributed by atoms with Crippen molar-refractivity contribution in [3.05, 3.63) is 115 Å². The van der Waals surface area contributed by atoms with Gasteiger partial charge in [-0.3, -0.25) is 23.5 Å². The third kappa shape index (κ3) is 5.97. The maximum absolute atomic E-state index is 13.7. The largest absolute Gasteiger partial charge is 0.497 e. The Kier molecular flexibility index (Phi) is 8.51. The lowest BCUT2D eigenvalue weighted by molar-refractivity contribution is -0.136. The quantitative estimate of drug-likeness (QED) is 0.293. The van der Waals surface area contributed by atoms with Crippen molar-refractivity contribution in [2.24, 2.45) is 0 Å². The van der Waals surface area contributed by atoms with E-state index >= 15 is 0 Å². The number of nitrogens with zero attached hydrogens (tertiary/aromatic N) is 3. The summed E-state index contributed by atoms with van der Waals surface area (Å²) >= 11 is 9.55. The number of halogens is 2. The Balaban J connectivity index is 1.48. The summed E-state index contributed by atoms with van der Waals surface area (Å²) < 4.78 is 8.79. The minimum absolute atomic E-state index is 0.0392. The van der Waals surface area contributed by atoms with Crippen LogP contribution < -0.4 is 15.7 Å². The van der Waals surface area contributed by atoms with E-state index in [0.717, 1.165) is 5.56 Å². The predicted octanol–water partition coefficient (Wildman–Crippen LogP) is 4.28. The summed E-state index contributed by atoms with van der Waals surface area (Å²) in [5, 5.41) is 12.3. The van der Waals surface area contributed by atoms with Crippen molar-refractivity contribution < 1.29 is 24.2 Å². The van der Waals surface area contributed by atoms with Crippen LogP contribution in [0.1, 0.15) is 37.7 Å². The van der Waals surface area contributed by atoms with Crippen LogP contribution in [0.5, 0.6) is 5.75 Å². The Labute approximate surface area is 254 Å². The van der Waals surface area contributed by atoms with Gasteiger partial charge in [0.05, 0.1) is 36.5 Å². The minimum atomic E-state index is -0.929. The van der Waals surface area contributed by atoms with Crippen LogP contribution >= 0.6 is 27.5 Å². The molecule has 3 aromatic carbocycles. The van der Waals surface area contributed by atoms with E-state index in [-0.39, 0.29) is 44.2 Å². The molecule has 10 nitrogen and oxygen atoms in total. The Hall–Kier alpha value is -4.35. The van der Waals surface area contributed by atoms with E-state index in [1.165, 1.54) is 16.2 Å². The fourth-order valence-electron chi connectivity index (χ4n) is 4.86. The van der Waals surface area contributed by atoms with Crippen molar-refractivity contribution in [1.82, 2.24) is 19.4 Å². The van der Waals surface area contributed by atoms with Crippen molar-refractivity contribution in [2.75, 3.05) is 13.7 Å². The summed E-state index contributed by atoms with van der Waals surface area (Å²) in [7, 11) is 1.54. The second-order valence-corrected chi connectivity index (χ2v) is 10.9. The third-order valence-corrected chi connectivity index (χ3v) is 8.24. The highest BCUT2D eigenvalue weighted by Gasteiger charge is 2.32. The topological polar surface area (TPSA) is 123 Å². The van der Waals surface area contributed by atoms with Gasteiger partial charge in [-0.25, -0.2) is 4.79 Å². The molecule has 0 fully saturated rings. The number of carboxylic acid groups (broad SMARTS) is 1. The van der Waals surface area contributed by atoms with Gasteiger partial charge in [0.25, 0.3) is 11.8 Å². The van der Waals surface area contributed by atoms with Crippen LogP contribution in [0.15, 0.2) is 76.0 Å². The number of hydrogen-bond acceptors (Lipinski definition) is 5. The van der Waals surface area contributed by atoms with Crippen LogP contribution in [-0.2, 0) is 30.8 Å². The van der Waals surface area contributed by atoms with Gasteiger partial charge < -0.3 is 20.1 Å². The number of carboxylic acids is 1. The number of carbonyl (C=O) groups is 3. The summed E-state index contributed by atoms with van der Waals surface area (Å²) in [5.74, 6) is -1.10. The average molecular weight is 654 g/mol. The lowest BCUT2D eigenvalue weighted by Gasteiger charge is -2.28. The monoisotopic (exact) mass is 652 g/mol. The van der Waals surface area contributed by atoms with Gasteiger partial charge in [-0.1, -0.05) is 35.9 Å². The molecule has 1 aliphatic heterocycles. The lowest BCUT2D eigenvalue weighted by atomic mass is 10.1.